The lowest BCUT2D eigenvalue weighted by atomic mass is 9.71. The molecule has 2 aromatic rings. The summed E-state index contributed by atoms with van der Waals surface area (Å²) in [5.74, 6) is 1.49. The summed E-state index contributed by atoms with van der Waals surface area (Å²) in [5.41, 5.74) is 8.53. The van der Waals surface area contributed by atoms with Crippen LogP contribution < -0.4 is 0 Å². The van der Waals surface area contributed by atoms with Gasteiger partial charge in [-0.15, -0.1) is 0 Å². The SMILES string of the molecule is CCCC(CC1CC(=O)c2c(C)ccc(-c3cc(CCC4CCCCC4)ccc3CC)c2C1)C(CC)C(=O)CC(C)=O. The van der Waals surface area contributed by atoms with E-state index in [1.54, 1.807) is 0 Å². The normalized spacial score (nSPS) is 18.9. The molecule has 3 atom stereocenters. The van der Waals surface area contributed by atoms with Crippen molar-refractivity contribution in [1.29, 1.82) is 0 Å². The number of benzene rings is 2. The molecular formula is C39H54O3. The molecule has 0 saturated heterocycles. The number of carbonyl (C=O) groups excluding carboxylic acids is 3. The molecule has 3 unspecified atom stereocenters. The van der Waals surface area contributed by atoms with Crippen LogP contribution in [0, 0.1) is 30.6 Å². The summed E-state index contributed by atoms with van der Waals surface area (Å²) in [6, 6.07) is 11.5. The average Bonchev–Trinajstić information content (AvgIpc) is 2.96. The highest BCUT2D eigenvalue weighted by Gasteiger charge is 2.34. The fourth-order valence-corrected chi connectivity index (χ4v) is 8.18. The summed E-state index contributed by atoms with van der Waals surface area (Å²) in [5, 5.41) is 0. The van der Waals surface area contributed by atoms with Crippen LogP contribution in [0.3, 0.4) is 0 Å². The molecule has 3 heteroatoms. The fourth-order valence-electron chi connectivity index (χ4n) is 8.18. The molecule has 3 nitrogen and oxygen atoms in total. The van der Waals surface area contributed by atoms with Gasteiger partial charge in [-0.1, -0.05) is 96.0 Å². The summed E-state index contributed by atoms with van der Waals surface area (Å²) in [6.07, 6.45) is 15.4. The number of aryl methyl sites for hydroxylation is 3. The topological polar surface area (TPSA) is 51.2 Å². The predicted octanol–water partition coefficient (Wildman–Crippen LogP) is 9.86. The van der Waals surface area contributed by atoms with Crippen LogP contribution in [-0.4, -0.2) is 17.3 Å². The van der Waals surface area contributed by atoms with Gasteiger partial charge in [0.05, 0.1) is 6.42 Å². The van der Waals surface area contributed by atoms with Crippen molar-refractivity contribution in [3.63, 3.8) is 0 Å². The van der Waals surface area contributed by atoms with Crippen LogP contribution in [0.1, 0.15) is 137 Å². The Hall–Kier alpha value is -2.55. The Morgan fingerprint density at radius 3 is 2.36 bits per heavy atom. The molecule has 42 heavy (non-hydrogen) atoms. The Bertz CT molecular complexity index is 1250. The highest BCUT2D eigenvalue weighted by molar-refractivity contribution is 6.02. The van der Waals surface area contributed by atoms with Crippen molar-refractivity contribution < 1.29 is 14.4 Å². The van der Waals surface area contributed by atoms with Crippen molar-refractivity contribution in [2.45, 2.75) is 131 Å². The van der Waals surface area contributed by atoms with E-state index < -0.39 is 0 Å². The van der Waals surface area contributed by atoms with Crippen LogP contribution in [0.25, 0.3) is 11.1 Å². The maximum absolute atomic E-state index is 13.7. The first-order chi connectivity index (χ1) is 20.2. The van der Waals surface area contributed by atoms with Gasteiger partial charge in [0.2, 0.25) is 0 Å². The van der Waals surface area contributed by atoms with Gasteiger partial charge >= 0.3 is 0 Å². The van der Waals surface area contributed by atoms with Crippen molar-refractivity contribution in [1.82, 2.24) is 0 Å². The second-order valence-electron chi connectivity index (χ2n) is 13.5. The summed E-state index contributed by atoms with van der Waals surface area (Å²) in [4.78, 5) is 38.6. The standard InChI is InChI=1S/C39H54O3/c1-6-12-32(33(8-3)37(41)21-27(5)40)22-30-24-36-34(20-15-26(4)39(36)38(42)25-30)35-23-29(18-19-31(35)7-2)17-16-28-13-10-9-11-14-28/h15,18-20,23,28,30,32-33H,6-14,16-17,21-22,24-25H2,1-5H3. The first kappa shape index (κ1) is 32.4. The Kier molecular flexibility index (Phi) is 11.8. The third-order valence-corrected chi connectivity index (χ3v) is 10.3. The number of ketones is 3. The molecule has 0 heterocycles. The van der Waals surface area contributed by atoms with Crippen molar-refractivity contribution in [2.24, 2.45) is 23.7 Å². The summed E-state index contributed by atoms with van der Waals surface area (Å²) in [7, 11) is 0. The van der Waals surface area contributed by atoms with Gasteiger partial charge in [0.1, 0.15) is 11.6 Å². The molecule has 2 aliphatic carbocycles. The molecular weight excluding hydrogens is 516 g/mol. The van der Waals surface area contributed by atoms with Crippen LogP contribution in [0.15, 0.2) is 30.3 Å². The van der Waals surface area contributed by atoms with Crippen LogP contribution >= 0.6 is 0 Å². The van der Waals surface area contributed by atoms with Gasteiger partial charge in [-0.25, -0.2) is 0 Å². The Balaban J connectivity index is 1.63. The first-order valence-electron chi connectivity index (χ1n) is 17.0. The third-order valence-electron chi connectivity index (χ3n) is 10.3. The number of fused-ring (bicyclic) bond motifs is 1. The summed E-state index contributed by atoms with van der Waals surface area (Å²) < 4.78 is 0. The molecule has 0 aromatic heterocycles. The third kappa shape index (κ3) is 7.88. The molecule has 1 fully saturated rings. The first-order valence-corrected chi connectivity index (χ1v) is 17.0. The van der Waals surface area contributed by atoms with E-state index in [2.05, 4.69) is 58.0 Å². The summed E-state index contributed by atoms with van der Waals surface area (Å²) >= 11 is 0. The number of hydrogen-bond donors (Lipinski definition) is 0. The zero-order valence-electron chi connectivity index (χ0n) is 27.0. The van der Waals surface area contributed by atoms with E-state index >= 15 is 0 Å². The minimum atomic E-state index is -0.102. The number of rotatable bonds is 14. The van der Waals surface area contributed by atoms with E-state index in [1.165, 1.54) is 73.3 Å². The molecule has 0 aliphatic heterocycles. The minimum absolute atomic E-state index is 0.0331. The highest BCUT2D eigenvalue weighted by Crippen LogP contribution is 2.41. The molecule has 228 valence electrons. The highest BCUT2D eigenvalue weighted by atomic mass is 16.1. The van der Waals surface area contributed by atoms with E-state index in [1.807, 2.05) is 0 Å². The van der Waals surface area contributed by atoms with Crippen molar-refractivity contribution in [3.8, 4) is 11.1 Å². The van der Waals surface area contributed by atoms with Crippen LogP contribution in [0.4, 0.5) is 0 Å². The zero-order chi connectivity index (χ0) is 30.2. The molecule has 0 bridgehead atoms. The van der Waals surface area contributed by atoms with E-state index in [9.17, 15) is 14.4 Å². The van der Waals surface area contributed by atoms with Crippen LogP contribution in [0.2, 0.25) is 0 Å². The lowest BCUT2D eigenvalue weighted by Gasteiger charge is -2.33. The molecule has 2 aromatic carbocycles. The van der Waals surface area contributed by atoms with Crippen LogP contribution in [0.5, 0.6) is 0 Å². The fraction of sp³-hybridized carbons (Fsp3) is 0.615. The Labute approximate surface area is 255 Å². The molecule has 1 saturated carbocycles. The Morgan fingerprint density at radius 1 is 0.929 bits per heavy atom. The van der Waals surface area contributed by atoms with E-state index in [0.717, 1.165) is 62.0 Å². The quantitative estimate of drug-likeness (QED) is 0.212. The van der Waals surface area contributed by atoms with Gasteiger partial charge in [-0.3, -0.25) is 14.4 Å². The number of hydrogen-bond acceptors (Lipinski definition) is 3. The minimum Gasteiger partial charge on any atom is -0.300 e. The van der Waals surface area contributed by atoms with Crippen molar-refractivity contribution in [3.05, 3.63) is 58.1 Å². The molecule has 2 aliphatic rings. The molecule has 0 amide bonds. The largest absolute Gasteiger partial charge is 0.300 e. The number of Topliss-reactive ketones (excluding diaryl/α,β-unsaturated/α-hetero) is 3. The summed E-state index contributed by atoms with van der Waals surface area (Å²) in [6.45, 7) is 10.1. The predicted molar refractivity (Wildman–Crippen MR) is 174 cm³/mol. The van der Waals surface area contributed by atoms with Crippen molar-refractivity contribution in [2.75, 3.05) is 0 Å². The molecule has 4 rings (SSSR count). The zero-order valence-corrected chi connectivity index (χ0v) is 27.0. The van der Waals surface area contributed by atoms with Gasteiger partial charge < -0.3 is 0 Å². The van der Waals surface area contributed by atoms with Gasteiger partial charge in [0.15, 0.2) is 5.78 Å². The lowest BCUT2D eigenvalue weighted by Crippen LogP contribution is -2.30. The monoisotopic (exact) mass is 570 g/mol. The number of carbonyl (C=O) groups is 3. The molecule has 0 spiro atoms. The smallest absolute Gasteiger partial charge is 0.163 e. The van der Waals surface area contributed by atoms with Gasteiger partial charge in [0.25, 0.3) is 0 Å². The second kappa shape index (κ2) is 15.3. The van der Waals surface area contributed by atoms with Gasteiger partial charge in [0, 0.05) is 17.9 Å². The molecule has 0 radical (unpaired) electrons. The second-order valence-corrected chi connectivity index (χ2v) is 13.5. The van der Waals surface area contributed by atoms with E-state index in [4.69, 9.17) is 0 Å². The van der Waals surface area contributed by atoms with Crippen molar-refractivity contribution >= 4 is 17.3 Å². The average molecular weight is 571 g/mol. The Morgan fingerprint density at radius 2 is 1.69 bits per heavy atom. The van der Waals surface area contributed by atoms with Gasteiger partial charge in [-0.05, 0) is 104 Å². The van der Waals surface area contributed by atoms with E-state index in [-0.39, 0.29) is 41.5 Å². The molecule has 0 N–H and O–H groups in total. The van der Waals surface area contributed by atoms with Crippen LogP contribution in [-0.2, 0) is 28.9 Å². The van der Waals surface area contributed by atoms with E-state index in [0.29, 0.717) is 6.42 Å². The maximum Gasteiger partial charge on any atom is 0.163 e. The maximum atomic E-state index is 13.7. The van der Waals surface area contributed by atoms with Gasteiger partial charge in [-0.2, -0.15) is 0 Å². The lowest BCUT2D eigenvalue weighted by molar-refractivity contribution is -0.129.